The maximum Gasteiger partial charge on any atom is 0.321 e. The number of carbonyl (C=O) groups is 1. The number of nitrogens with one attached hydrogen (secondary N) is 2. The second-order valence-corrected chi connectivity index (χ2v) is 7.97. The van der Waals surface area contributed by atoms with E-state index in [1.165, 1.54) is 54.9 Å². The first-order valence-electron chi connectivity index (χ1n) is 9.42. The van der Waals surface area contributed by atoms with Crippen molar-refractivity contribution >= 4 is 28.2 Å². The minimum absolute atomic E-state index is 0.114. The Kier molecular flexibility index (Phi) is 7.07. The molecule has 1 heterocycles. The number of hydrogen-bond donors (Lipinski definition) is 4. The number of nitro groups is 1. The monoisotopic (exact) mass is 421 g/mol. The van der Waals surface area contributed by atoms with Gasteiger partial charge < -0.3 is 15.5 Å². The molecule has 3 rings (SSSR count). The first-order valence-corrected chi connectivity index (χ1v) is 10.2. The second kappa shape index (κ2) is 9.72. The molecule has 29 heavy (non-hydrogen) atoms. The van der Waals surface area contributed by atoms with Crippen LogP contribution in [0.1, 0.15) is 54.7 Å². The van der Waals surface area contributed by atoms with Gasteiger partial charge in [-0.25, -0.2) is 4.79 Å². The Morgan fingerprint density at radius 3 is 2.55 bits per heavy atom. The zero-order valence-corrected chi connectivity index (χ0v) is 16.5. The zero-order valence-electron chi connectivity index (χ0n) is 15.7. The molecule has 1 aromatic carbocycles. The molecule has 0 saturated heterocycles. The van der Waals surface area contributed by atoms with Gasteiger partial charge in [-0.1, -0.05) is 30.6 Å². The van der Waals surface area contributed by atoms with Crippen molar-refractivity contribution in [1.29, 1.82) is 0 Å². The Hall–Kier alpha value is -2.63. The summed E-state index contributed by atoms with van der Waals surface area (Å²) in [6, 6.07) is 3.64. The molecule has 1 saturated carbocycles. The van der Waals surface area contributed by atoms with Crippen LogP contribution in [0.3, 0.4) is 0 Å². The Morgan fingerprint density at radius 1 is 1.24 bits per heavy atom. The van der Waals surface area contributed by atoms with Crippen LogP contribution in [0.25, 0.3) is 0 Å². The summed E-state index contributed by atoms with van der Waals surface area (Å²) in [4.78, 5) is 22.4. The Morgan fingerprint density at radius 2 is 1.93 bits per heavy atom. The molecule has 156 valence electrons. The third kappa shape index (κ3) is 5.46. The summed E-state index contributed by atoms with van der Waals surface area (Å²) in [6.45, 7) is -0.519. The zero-order chi connectivity index (χ0) is 20.8. The quantitative estimate of drug-likeness (QED) is 0.396. The van der Waals surface area contributed by atoms with Crippen molar-refractivity contribution in [2.24, 2.45) is 0 Å². The maximum atomic E-state index is 12.3. The largest absolute Gasteiger partial charge is 0.394 e. The third-order valence-electron chi connectivity index (χ3n) is 4.96. The molecule has 1 fully saturated rings. The molecule has 11 heteroatoms. The lowest BCUT2D eigenvalue weighted by Gasteiger charge is -2.22. The lowest BCUT2D eigenvalue weighted by molar-refractivity contribution is -0.384. The summed E-state index contributed by atoms with van der Waals surface area (Å²) in [6.07, 6.45) is 4.50. The molecular weight excluding hydrogens is 398 g/mol. The molecule has 2 unspecified atom stereocenters. The van der Waals surface area contributed by atoms with E-state index in [1.54, 1.807) is 0 Å². The van der Waals surface area contributed by atoms with E-state index in [0.29, 0.717) is 16.6 Å². The molecule has 0 radical (unpaired) electrons. The number of hydrogen-bond acceptors (Lipinski definition) is 8. The molecule has 0 spiro atoms. The van der Waals surface area contributed by atoms with Crippen molar-refractivity contribution in [3.05, 3.63) is 45.0 Å². The van der Waals surface area contributed by atoms with Crippen LogP contribution in [0.4, 0.5) is 15.6 Å². The van der Waals surface area contributed by atoms with Crippen molar-refractivity contribution in [3.63, 3.8) is 0 Å². The van der Waals surface area contributed by atoms with Gasteiger partial charge in [-0.2, -0.15) is 0 Å². The summed E-state index contributed by atoms with van der Waals surface area (Å²) in [5, 5.41) is 45.2. The number of aliphatic hydroxyl groups excluding tert-OH is 2. The van der Waals surface area contributed by atoms with Gasteiger partial charge in [0.2, 0.25) is 5.13 Å². The van der Waals surface area contributed by atoms with Crippen LogP contribution < -0.4 is 10.6 Å². The summed E-state index contributed by atoms with van der Waals surface area (Å²) < 4.78 is 0. The van der Waals surface area contributed by atoms with E-state index in [4.69, 9.17) is 0 Å². The van der Waals surface area contributed by atoms with E-state index in [1.807, 2.05) is 0 Å². The van der Waals surface area contributed by atoms with Crippen LogP contribution in [-0.2, 0) is 0 Å². The van der Waals surface area contributed by atoms with E-state index in [9.17, 15) is 25.1 Å². The predicted octanol–water partition coefficient (Wildman–Crippen LogP) is 2.71. The van der Waals surface area contributed by atoms with Crippen LogP contribution in [0.2, 0.25) is 0 Å². The van der Waals surface area contributed by atoms with Gasteiger partial charge in [0.05, 0.1) is 17.6 Å². The molecule has 1 aliphatic rings. The highest BCUT2D eigenvalue weighted by Gasteiger charge is 2.24. The van der Waals surface area contributed by atoms with E-state index >= 15 is 0 Å². The van der Waals surface area contributed by atoms with Gasteiger partial charge in [-0.15, -0.1) is 10.2 Å². The van der Waals surface area contributed by atoms with Gasteiger partial charge in [0.15, 0.2) is 0 Å². The van der Waals surface area contributed by atoms with Crippen molar-refractivity contribution in [2.45, 2.75) is 50.2 Å². The fourth-order valence-corrected chi connectivity index (χ4v) is 4.26. The van der Waals surface area contributed by atoms with Gasteiger partial charge in [0.1, 0.15) is 11.1 Å². The second-order valence-electron chi connectivity index (χ2n) is 6.96. The Balaban J connectivity index is 1.57. The minimum atomic E-state index is -1.24. The van der Waals surface area contributed by atoms with E-state index < -0.39 is 29.7 Å². The van der Waals surface area contributed by atoms with Crippen LogP contribution in [0, 0.1) is 10.1 Å². The van der Waals surface area contributed by atoms with Crippen LogP contribution in [0.5, 0.6) is 0 Å². The number of benzene rings is 1. The molecule has 2 amide bonds. The molecule has 4 N–H and O–H groups in total. The van der Waals surface area contributed by atoms with E-state index in [0.717, 1.165) is 17.8 Å². The highest BCUT2D eigenvalue weighted by molar-refractivity contribution is 7.15. The summed E-state index contributed by atoms with van der Waals surface area (Å²) >= 11 is 1.33. The van der Waals surface area contributed by atoms with Gasteiger partial charge >= 0.3 is 6.03 Å². The van der Waals surface area contributed by atoms with Crippen LogP contribution in [0.15, 0.2) is 24.3 Å². The third-order valence-corrected chi connectivity index (χ3v) is 5.96. The fourth-order valence-electron chi connectivity index (χ4n) is 3.35. The molecule has 0 bridgehead atoms. The summed E-state index contributed by atoms with van der Waals surface area (Å²) in [5.74, 6) is 0.383. The Bertz CT molecular complexity index is 837. The lowest BCUT2D eigenvalue weighted by Crippen LogP contribution is -2.44. The molecule has 2 atom stereocenters. The average molecular weight is 421 g/mol. The number of urea groups is 1. The number of anilines is 1. The van der Waals surface area contributed by atoms with Gasteiger partial charge in [0, 0.05) is 18.1 Å². The normalized spacial score (nSPS) is 16.8. The van der Waals surface area contributed by atoms with Crippen molar-refractivity contribution in [3.8, 4) is 0 Å². The molecule has 1 aliphatic carbocycles. The number of rotatable bonds is 7. The standard InChI is InChI=1S/C18H23N5O5S/c24-10-14(15(25)11-6-8-13(9-7-11)23(27)28)19-17(26)20-18-22-21-16(29-18)12-4-2-1-3-5-12/h6-9,12,14-15,24-25H,1-5,10H2,(H2,19,20,22,26). The molecule has 1 aromatic heterocycles. The SMILES string of the molecule is O=C(Nc1nnc(C2CCCCC2)s1)NC(CO)C(O)c1ccc([N+](=O)[O-])cc1. The highest BCUT2D eigenvalue weighted by Crippen LogP contribution is 2.35. The Labute approximate surface area is 171 Å². The number of aromatic nitrogens is 2. The first kappa shape index (κ1) is 21.1. The number of aliphatic hydroxyl groups is 2. The molecular formula is C18H23N5O5S. The van der Waals surface area contributed by atoms with Crippen molar-refractivity contribution < 1.29 is 19.9 Å². The lowest BCUT2D eigenvalue weighted by atomic mass is 9.90. The smallest absolute Gasteiger partial charge is 0.321 e. The minimum Gasteiger partial charge on any atom is -0.394 e. The topological polar surface area (TPSA) is 151 Å². The summed E-state index contributed by atoms with van der Waals surface area (Å²) in [5.41, 5.74) is 0.225. The number of amides is 2. The predicted molar refractivity (Wildman–Crippen MR) is 107 cm³/mol. The molecule has 0 aliphatic heterocycles. The average Bonchev–Trinajstić information content (AvgIpc) is 3.20. The molecule has 10 nitrogen and oxygen atoms in total. The summed E-state index contributed by atoms with van der Waals surface area (Å²) in [7, 11) is 0. The molecule has 2 aromatic rings. The van der Waals surface area contributed by atoms with E-state index in [-0.39, 0.29) is 5.69 Å². The van der Waals surface area contributed by atoms with Gasteiger partial charge in [-0.05, 0) is 30.5 Å². The van der Waals surface area contributed by atoms with Crippen molar-refractivity contribution in [2.75, 3.05) is 11.9 Å². The number of nitrogens with zero attached hydrogens (tertiary/aromatic N) is 3. The van der Waals surface area contributed by atoms with Crippen LogP contribution >= 0.6 is 11.3 Å². The number of non-ortho nitro benzene ring substituents is 1. The number of carbonyl (C=O) groups excluding carboxylic acids is 1. The first-order chi connectivity index (χ1) is 14.0. The number of nitro benzene ring substituents is 1. The van der Waals surface area contributed by atoms with E-state index in [2.05, 4.69) is 20.8 Å². The highest BCUT2D eigenvalue weighted by atomic mass is 32.1. The van der Waals surface area contributed by atoms with Crippen LogP contribution in [-0.4, -0.2) is 44.0 Å². The van der Waals surface area contributed by atoms with Crippen molar-refractivity contribution in [1.82, 2.24) is 15.5 Å². The fraction of sp³-hybridized carbons (Fsp3) is 0.500. The maximum absolute atomic E-state index is 12.3. The van der Waals surface area contributed by atoms with Gasteiger partial charge in [-0.3, -0.25) is 15.4 Å². The van der Waals surface area contributed by atoms with Gasteiger partial charge in [0.25, 0.3) is 5.69 Å².